The van der Waals surface area contributed by atoms with Crippen LogP contribution in [0.3, 0.4) is 0 Å². The van der Waals surface area contributed by atoms with E-state index in [9.17, 15) is 5.11 Å². The van der Waals surface area contributed by atoms with Crippen LogP contribution in [0.25, 0.3) is 10.9 Å². The topological polar surface area (TPSA) is 66.2 Å². The van der Waals surface area contributed by atoms with Crippen LogP contribution in [-0.2, 0) is 0 Å². The minimum Gasteiger partial charge on any atom is -0.394 e. The fraction of sp³-hybridized carbons (Fsp3) is 0.273. The third-order valence-electron chi connectivity index (χ3n) is 2.18. The molecule has 0 fully saturated rings. The number of fused-ring (bicyclic) bond motifs is 1. The molecular formula is C11H11BrN2O2S. The van der Waals surface area contributed by atoms with E-state index in [1.807, 2.05) is 18.2 Å². The van der Waals surface area contributed by atoms with Gasteiger partial charge >= 0.3 is 0 Å². The van der Waals surface area contributed by atoms with Crippen LogP contribution in [0.15, 0.2) is 34.0 Å². The first-order valence-electron chi connectivity index (χ1n) is 5.02. The summed E-state index contributed by atoms with van der Waals surface area (Å²) in [6, 6.07) is 5.78. The number of nitrogens with zero attached hydrogens (tertiary/aromatic N) is 2. The molecule has 0 amide bonds. The average Bonchev–Trinajstić information content (AvgIpc) is 2.35. The van der Waals surface area contributed by atoms with E-state index in [0.717, 1.165) is 20.4 Å². The monoisotopic (exact) mass is 314 g/mol. The van der Waals surface area contributed by atoms with E-state index in [-0.39, 0.29) is 6.61 Å². The maximum atomic E-state index is 9.32. The Balaban J connectivity index is 2.30. The summed E-state index contributed by atoms with van der Waals surface area (Å²) in [4.78, 5) is 8.37. The zero-order valence-corrected chi connectivity index (χ0v) is 11.3. The SMILES string of the molecule is OCC(O)CSc1ncnc2ccc(Br)cc12. The Bertz CT molecular complexity index is 524. The third kappa shape index (κ3) is 3.16. The summed E-state index contributed by atoms with van der Waals surface area (Å²) in [6.45, 7) is -0.236. The van der Waals surface area contributed by atoms with Crippen LogP contribution in [0.2, 0.25) is 0 Å². The zero-order valence-electron chi connectivity index (χ0n) is 8.88. The van der Waals surface area contributed by atoms with Crippen molar-refractivity contribution < 1.29 is 10.2 Å². The molecule has 0 saturated carbocycles. The third-order valence-corrected chi connectivity index (χ3v) is 3.83. The van der Waals surface area contributed by atoms with E-state index in [0.29, 0.717) is 5.75 Å². The van der Waals surface area contributed by atoms with Gasteiger partial charge < -0.3 is 10.2 Å². The molecule has 90 valence electrons. The lowest BCUT2D eigenvalue weighted by atomic mass is 10.2. The molecule has 0 aliphatic rings. The molecule has 6 heteroatoms. The molecule has 0 spiro atoms. The Kier molecular flexibility index (Phi) is 4.33. The Labute approximate surface area is 111 Å². The first-order valence-corrected chi connectivity index (χ1v) is 6.80. The molecule has 1 unspecified atom stereocenters. The Morgan fingerprint density at radius 1 is 1.35 bits per heavy atom. The predicted molar refractivity (Wildman–Crippen MR) is 71.1 cm³/mol. The van der Waals surface area contributed by atoms with Crippen molar-refractivity contribution in [2.45, 2.75) is 11.1 Å². The maximum absolute atomic E-state index is 9.32. The highest BCUT2D eigenvalue weighted by Crippen LogP contribution is 2.27. The first-order chi connectivity index (χ1) is 8.20. The van der Waals surface area contributed by atoms with Gasteiger partial charge in [0.1, 0.15) is 11.4 Å². The van der Waals surface area contributed by atoms with Crippen molar-refractivity contribution in [1.82, 2.24) is 9.97 Å². The van der Waals surface area contributed by atoms with Crippen LogP contribution < -0.4 is 0 Å². The van der Waals surface area contributed by atoms with Crippen molar-refractivity contribution in [1.29, 1.82) is 0 Å². The van der Waals surface area contributed by atoms with E-state index in [1.54, 1.807) is 0 Å². The van der Waals surface area contributed by atoms with E-state index >= 15 is 0 Å². The number of halogens is 1. The van der Waals surface area contributed by atoms with Gasteiger partial charge in [-0.3, -0.25) is 0 Å². The second-order valence-electron chi connectivity index (χ2n) is 3.49. The van der Waals surface area contributed by atoms with Crippen molar-refractivity contribution in [2.75, 3.05) is 12.4 Å². The molecule has 0 radical (unpaired) electrons. The van der Waals surface area contributed by atoms with Crippen molar-refractivity contribution in [2.24, 2.45) is 0 Å². The van der Waals surface area contributed by atoms with Gasteiger partial charge in [-0.05, 0) is 18.2 Å². The summed E-state index contributed by atoms with van der Waals surface area (Å²) in [5.74, 6) is 0.412. The Morgan fingerprint density at radius 3 is 2.94 bits per heavy atom. The van der Waals surface area contributed by atoms with Gasteiger partial charge in [-0.15, -0.1) is 11.8 Å². The van der Waals surface area contributed by atoms with Crippen LogP contribution in [-0.4, -0.2) is 38.6 Å². The van der Waals surface area contributed by atoms with Gasteiger partial charge in [0.15, 0.2) is 0 Å². The number of aromatic nitrogens is 2. The van der Waals surface area contributed by atoms with E-state index in [4.69, 9.17) is 5.11 Å². The largest absolute Gasteiger partial charge is 0.394 e. The van der Waals surface area contributed by atoms with Gasteiger partial charge in [0.2, 0.25) is 0 Å². The molecular weight excluding hydrogens is 304 g/mol. The number of hydrogen-bond acceptors (Lipinski definition) is 5. The summed E-state index contributed by atoms with van der Waals surface area (Å²) in [5.41, 5.74) is 0.865. The molecule has 0 aliphatic carbocycles. The molecule has 1 aromatic carbocycles. The highest BCUT2D eigenvalue weighted by molar-refractivity contribution is 9.10. The summed E-state index contributed by atoms with van der Waals surface area (Å²) in [5, 5.41) is 19.8. The summed E-state index contributed by atoms with van der Waals surface area (Å²) in [7, 11) is 0. The molecule has 2 aromatic rings. The van der Waals surface area contributed by atoms with Crippen LogP contribution in [0.4, 0.5) is 0 Å². The minimum atomic E-state index is -0.725. The Hall–Kier alpha value is -0.690. The lowest BCUT2D eigenvalue weighted by molar-refractivity contribution is 0.113. The van der Waals surface area contributed by atoms with Crippen molar-refractivity contribution >= 4 is 38.6 Å². The lowest BCUT2D eigenvalue weighted by Gasteiger charge is -2.07. The number of rotatable bonds is 4. The fourth-order valence-electron chi connectivity index (χ4n) is 1.35. The molecule has 0 saturated heterocycles. The number of aliphatic hydroxyl groups excluding tert-OH is 2. The lowest BCUT2D eigenvalue weighted by Crippen LogP contribution is -2.14. The van der Waals surface area contributed by atoms with Crippen LogP contribution >= 0.6 is 27.7 Å². The van der Waals surface area contributed by atoms with E-state index in [1.165, 1.54) is 18.1 Å². The Morgan fingerprint density at radius 2 is 2.18 bits per heavy atom. The molecule has 2 N–H and O–H groups in total. The maximum Gasteiger partial charge on any atom is 0.117 e. The van der Waals surface area contributed by atoms with Crippen molar-refractivity contribution in [3.63, 3.8) is 0 Å². The van der Waals surface area contributed by atoms with Gasteiger partial charge in [-0.1, -0.05) is 15.9 Å². The number of aliphatic hydroxyl groups is 2. The van der Waals surface area contributed by atoms with Gasteiger partial charge in [-0.25, -0.2) is 9.97 Å². The number of thioether (sulfide) groups is 1. The smallest absolute Gasteiger partial charge is 0.117 e. The molecule has 1 aromatic heterocycles. The normalized spacial score (nSPS) is 12.9. The summed E-state index contributed by atoms with van der Waals surface area (Å²) < 4.78 is 0.962. The summed E-state index contributed by atoms with van der Waals surface area (Å²) >= 11 is 4.82. The second-order valence-corrected chi connectivity index (χ2v) is 5.41. The molecule has 0 aliphatic heterocycles. The van der Waals surface area contributed by atoms with E-state index < -0.39 is 6.10 Å². The highest BCUT2D eigenvalue weighted by atomic mass is 79.9. The minimum absolute atomic E-state index is 0.236. The zero-order chi connectivity index (χ0) is 12.3. The van der Waals surface area contributed by atoms with E-state index in [2.05, 4.69) is 25.9 Å². The quantitative estimate of drug-likeness (QED) is 0.666. The van der Waals surface area contributed by atoms with Crippen molar-refractivity contribution in [3.8, 4) is 0 Å². The summed E-state index contributed by atoms with van der Waals surface area (Å²) in [6.07, 6.45) is 0.779. The predicted octanol–water partition coefficient (Wildman–Crippen LogP) is 1.84. The van der Waals surface area contributed by atoms with Crippen LogP contribution in [0, 0.1) is 0 Å². The van der Waals surface area contributed by atoms with Crippen LogP contribution in [0.1, 0.15) is 0 Å². The average molecular weight is 315 g/mol. The molecule has 17 heavy (non-hydrogen) atoms. The number of benzene rings is 1. The second kappa shape index (κ2) is 5.77. The molecule has 0 bridgehead atoms. The number of hydrogen-bond donors (Lipinski definition) is 2. The van der Waals surface area contributed by atoms with Gasteiger partial charge in [0.05, 0.1) is 18.2 Å². The molecule has 1 heterocycles. The molecule has 1 atom stereocenters. The molecule has 4 nitrogen and oxygen atoms in total. The molecule has 2 rings (SSSR count). The van der Waals surface area contributed by atoms with Crippen LogP contribution in [0.5, 0.6) is 0 Å². The first kappa shape index (κ1) is 12.8. The van der Waals surface area contributed by atoms with Gasteiger partial charge in [0.25, 0.3) is 0 Å². The standard InChI is InChI=1S/C11H11BrN2O2S/c12-7-1-2-10-9(3-7)11(14-6-13-10)17-5-8(16)4-15/h1-3,6,8,15-16H,4-5H2. The van der Waals surface area contributed by atoms with Crippen molar-refractivity contribution in [3.05, 3.63) is 29.0 Å². The van der Waals surface area contributed by atoms with Gasteiger partial charge in [-0.2, -0.15) is 0 Å². The van der Waals surface area contributed by atoms with Gasteiger partial charge in [0, 0.05) is 15.6 Å². The fourth-order valence-corrected chi connectivity index (χ4v) is 2.61. The highest BCUT2D eigenvalue weighted by Gasteiger charge is 2.08.